The van der Waals surface area contributed by atoms with Gasteiger partial charge in [-0.1, -0.05) is 12.1 Å². The van der Waals surface area contributed by atoms with E-state index in [1.54, 1.807) is 6.07 Å². The number of urea groups is 1. The Morgan fingerprint density at radius 1 is 1.29 bits per heavy atom. The predicted octanol–water partition coefficient (Wildman–Crippen LogP) is 1.53. The molecule has 24 heavy (non-hydrogen) atoms. The Morgan fingerprint density at radius 2 is 2.00 bits per heavy atom. The van der Waals surface area contributed by atoms with Crippen LogP contribution in [0.25, 0.3) is 11.0 Å². The van der Waals surface area contributed by atoms with Crippen LogP contribution in [0.3, 0.4) is 0 Å². The van der Waals surface area contributed by atoms with Gasteiger partial charge in [0.15, 0.2) is 0 Å². The van der Waals surface area contributed by atoms with Crippen molar-refractivity contribution in [3.8, 4) is 0 Å². The first kappa shape index (κ1) is 17.7. The molecule has 1 aromatic carbocycles. The summed E-state index contributed by atoms with van der Waals surface area (Å²) in [6.45, 7) is -0.281. The third-order valence-electron chi connectivity index (χ3n) is 3.05. The molecule has 2 N–H and O–H groups in total. The predicted molar refractivity (Wildman–Crippen MR) is 78.2 cm³/mol. The molecule has 1 aromatic heterocycles. The Morgan fingerprint density at radius 3 is 2.67 bits per heavy atom. The number of hydrogen-bond acceptors (Lipinski definition) is 4. The first-order valence-corrected chi connectivity index (χ1v) is 6.92. The van der Waals surface area contributed by atoms with Crippen molar-refractivity contribution in [2.75, 3.05) is 20.3 Å². The number of alkyl halides is 3. The lowest BCUT2D eigenvalue weighted by Gasteiger charge is -2.11. The van der Waals surface area contributed by atoms with Crippen molar-refractivity contribution in [2.45, 2.75) is 12.7 Å². The third-order valence-corrected chi connectivity index (χ3v) is 3.05. The Hall–Kier alpha value is -2.62. The van der Waals surface area contributed by atoms with Crippen LogP contribution in [-0.4, -0.2) is 41.8 Å². The summed E-state index contributed by atoms with van der Waals surface area (Å²) in [7, 11) is 1.44. The van der Waals surface area contributed by atoms with Gasteiger partial charge in [0.2, 0.25) is 11.7 Å². The number of hydrogen-bond donors (Lipinski definition) is 2. The monoisotopic (exact) mass is 344 g/mol. The average molecular weight is 344 g/mol. The molecule has 0 aliphatic rings. The van der Waals surface area contributed by atoms with Gasteiger partial charge in [0.25, 0.3) is 0 Å². The van der Waals surface area contributed by atoms with Gasteiger partial charge in [0.05, 0.1) is 17.6 Å². The zero-order valence-electron chi connectivity index (χ0n) is 12.7. The largest absolute Gasteiger partial charge is 0.449 e. The van der Waals surface area contributed by atoms with Crippen molar-refractivity contribution < 1.29 is 27.5 Å². The number of carbonyl (C=O) groups is 2. The number of nitrogens with zero attached hydrogens (tertiary/aromatic N) is 2. The number of imide groups is 1. The van der Waals surface area contributed by atoms with Gasteiger partial charge in [0, 0.05) is 13.7 Å². The second-order valence-corrected chi connectivity index (χ2v) is 4.80. The van der Waals surface area contributed by atoms with Crippen molar-refractivity contribution in [3.05, 3.63) is 30.1 Å². The van der Waals surface area contributed by atoms with E-state index in [0.29, 0.717) is 0 Å². The molecule has 0 atom stereocenters. The van der Waals surface area contributed by atoms with Gasteiger partial charge in [-0.3, -0.25) is 10.1 Å². The fourth-order valence-electron chi connectivity index (χ4n) is 2.07. The molecule has 2 aromatic rings. The standard InChI is InChI=1S/C14H15F3N4O3/c1-24-7-6-18-13(23)20-11(22)8-21-10-5-3-2-4-9(10)19-12(21)14(15,16)17/h2-5H,6-8H2,1H3,(H2,18,20,22,23). The SMILES string of the molecule is COCCNC(=O)NC(=O)Cn1c(C(F)(F)F)nc2ccccc21. The van der Waals surface area contributed by atoms with Gasteiger partial charge >= 0.3 is 12.2 Å². The van der Waals surface area contributed by atoms with Crippen LogP contribution in [0.2, 0.25) is 0 Å². The number of carbonyl (C=O) groups excluding carboxylic acids is 2. The topological polar surface area (TPSA) is 85.3 Å². The Kier molecular flexibility index (Phi) is 5.39. The van der Waals surface area contributed by atoms with Crippen molar-refractivity contribution in [2.24, 2.45) is 0 Å². The molecular weight excluding hydrogens is 329 g/mol. The summed E-state index contributed by atoms with van der Waals surface area (Å²) in [5, 5.41) is 4.29. The van der Waals surface area contributed by atoms with Gasteiger partial charge in [0.1, 0.15) is 6.54 Å². The Balaban J connectivity index is 2.16. The minimum atomic E-state index is -4.72. The fourth-order valence-corrected chi connectivity index (χ4v) is 2.07. The van der Waals surface area contributed by atoms with Gasteiger partial charge in [-0.25, -0.2) is 9.78 Å². The first-order chi connectivity index (χ1) is 11.3. The quantitative estimate of drug-likeness (QED) is 0.806. The van der Waals surface area contributed by atoms with Crippen LogP contribution in [0.4, 0.5) is 18.0 Å². The highest BCUT2D eigenvalue weighted by atomic mass is 19.4. The molecule has 7 nitrogen and oxygen atoms in total. The van der Waals surface area contributed by atoms with Gasteiger partial charge in [-0.15, -0.1) is 0 Å². The molecule has 0 aliphatic carbocycles. The van der Waals surface area contributed by atoms with E-state index in [1.165, 1.54) is 25.3 Å². The molecule has 130 valence electrons. The van der Waals surface area contributed by atoms with Crippen LogP contribution in [0.5, 0.6) is 0 Å². The average Bonchev–Trinajstić information content (AvgIpc) is 2.86. The second-order valence-electron chi connectivity index (χ2n) is 4.80. The van der Waals surface area contributed by atoms with E-state index in [1.807, 2.05) is 5.32 Å². The molecule has 0 radical (unpaired) electrons. The number of para-hydroxylation sites is 2. The number of ether oxygens (including phenoxy) is 1. The molecule has 1 heterocycles. The van der Waals surface area contributed by atoms with E-state index in [-0.39, 0.29) is 24.2 Å². The molecule has 0 aliphatic heterocycles. The summed E-state index contributed by atoms with van der Waals surface area (Å²) in [6, 6.07) is 5.11. The van der Waals surface area contributed by atoms with E-state index in [9.17, 15) is 22.8 Å². The number of rotatable bonds is 5. The van der Waals surface area contributed by atoms with Gasteiger partial charge in [-0.05, 0) is 12.1 Å². The smallest absolute Gasteiger partial charge is 0.383 e. The lowest BCUT2D eigenvalue weighted by atomic mass is 10.3. The number of benzene rings is 1. The summed E-state index contributed by atoms with van der Waals surface area (Å²) in [4.78, 5) is 26.8. The number of nitrogens with one attached hydrogen (secondary N) is 2. The zero-order valence-corrected chi connectivity index (χ0v) is 12.7. The van der Waals surface area contributed by atoms with Crippen molar-refractivity contribution in [1.82, 2.24) is 20.2 Å². The molecule has 0 unspecified atom stereocenters. The highest BCUT2D eigenvalue weighted by molar-refractivity contribution is 5.94. The van der Waals surface area contributed by atoms with Gasteiger partial charge in [-0.2, -0.15) is 13.2 Å². The van der Waals surface area contributed by atoms with Crippen molar-refractivity contribution in [3.63, 3.8) is 0 Å². The second kappa shape index (κ2) is 7.30. The maximum Gasteiger partial charge on any atom is 0.449 e. The molecule has 0 saturated carbocycles. The van der Waals surface area contributed by atoms with Crippen molar-refractivity contribution in [1.29, 1.82) is 0 Å². The first-order valence-electron chi connectivity index (χ1n) is 6.92. The number of amides is 3. The van der Waals surface area contributed by atoms with Crippen LogP contribution < -0.4 is 10.6 Å². The lowest BCUT2D eigenvalue weighted by molar-refractivity contribution is -0.147. The molecular formula is C14H15F3N4O3. The minimum absolute atomic E-state index is 0.113. The fraction of sp³-hybridized carbons (Fsp3) is 0.357. The number of methoxy groups -OCH3 is 1. The summed E-state index contributed by atoms with van der Waals surface area (Å²) in [5.41, 5.74) is 0.266. The minimum Gasteiger partial charge on any atom is -0.383 e. The Bertz CT molecular complexity index is 742. The van der Waals surface area contributed by atoms with E-state index >= 15 is 0 Å². The Labute approximate surface area is 134 Å². The third kappa shape index (κ3) is 4.22. The van der Waals surface area contributed by atoms with Crippen LogP contribution in [0.15, 0.2) is 24.3 Å². The lowest BCUT2D eigenvalue weighted by Crippen LogP contribution is -2.42. The molecule has 3 amide bonds. The molecule has 0 bridgehead atoms. The highest BCUT2D eigenvalue weighted by Gasteiger charge is 2.38. The zero-order chi connectivity index (χ0) is 17.7. The van der Waals surface area contributed by atoms with Gasteiger partial charge < -0.3 is 14.6 Å². The van der Waals surface area contributed by atoms with Crippen LogP contribution in [-0.2, 0) is 22.3 Å². The summed E-state index contributed by atoms with van der Waals surface area (Å²) < 4.78 is 44.7. The van der Waals surface area contributed by atoms with E-state index in [0.717, 1.165) is 4.57 Å². The maximum atomic E-state index is 13.1. The highest BCUT2D eigenvalue weighted by Crippen LogP contribution is 2.31. The summed E-state index contributed by atoms with van der Waals surface area (Å²) >= 11 is 0. The molecule has 0 fully saturated rings. The van der Waals surface area contributed by atoms with Crippen LogP contribution in [0.1, 0.15) is 5.82 Å². The molecule has 0 spiro atoms. The molecule has 10 heteroatoms. The molecule has 0 saturated heterocycles. The number of aromatic nitrogens is 2. The van der Waals surface area contributed by atoms with Crippen LogP contribution in [0, 0.1) is 0 Å². The maximum absolute atomic E-state index is 13.1. The van der Waals surface area contributed by atoms with E-state index < -0.39 is 30.5 Å². The summed E-state index contributed by atoms with van der Waals surface area (Å²) in [6.07, 6.45) is -4.72. The summed E-state index contributed by atoms with van der Waals surface area (Å²) in [5.74, 6) is -2.09. The van der Waals surface area contributed by atoms with Crippen LogP contribution >= 0.6 is 0 Å². The molecule has 2 rings (SSSR count). The van der Waals surface area contributed by atoms with E-state index in [4.69, 9.17) is 4.74 Å². The van der Waals surface area contributed by atoms with Crippen molar-refractivity contribution >= 4 is 23.0 Å². The number of imidazole rings is 1. The number of halogens is 3. The number of fused-ring (bicyclic) bond motifs is 1. The van der Waals surface area contributed by atoms with E-state index in [2.05, 4.69) is 10.3 Å². The normalized spacial score (nSPS) is 11.5.